The van der Waals surface area contributed by atoms with Crippen molar-refractivity contribution < 1.29 is 34.4 Å². The Labute approximate surface area is 100 Å². The van der Waals surface area contributed by atoms with Crippen LogP contribution >= 0.6 is 0 Å². The Bertz CT molecular complexity index is 294. The van der Waals surface area contributed by atoms with Crippen molar-refractivity contribution in [2.24, 2.45) is 0 Å². The first-order chi connectivity index (χ1) is 5.97. The molecule has 2 aromatic carbocycles. The predicted octanol–water partition coefficient (Wildman–Crippen LogP) is -0.341. The zero-order valence-electron chi connectivity index (χ0n) is 7.73. The van der Waals surface area contributed by atoms with Crippen LogP contribution in [0.25, 0.3) is 10.8 Å². The van der Waals surface area contributed by atoms with E-state index in [0.717, 1.165) is 0 Å². The average Bonchev–Trinajstić information content (AvgIpc) is 2.21. The Morgan fingerprint density at radius 2 is 0.923 bits per heavy atom. The summed E-state index contributed by atoms with van der Waals surface area (Å²) in [5.41, 5.74) is 0. The number of rotatable bonds is 0. The number of carbonyl (C=O) groups is 1. The van der Waals surface area contributed by atoms with Crippen LogP contribution in [0.1, 0.15) is 0 Å². The second-order valence-electron chi connectivity index (χ2n) is 2.35. The van der Waals surface area contributed by atoms with E-state index in [2.05, 4.69) is 48.5 Å². The Morgan fingerprint density at radius 1 is 0.692 bits per heavy atom. The fraction of sp³-hybridized carbons (Fsp3) is 0. The maximum atomic E-state index is 8.00. The predicted molar refractivity (Wildman–Crippen MR) is 51.1 cm³/mol. The molecule has 0 atom stereocenters. The van der Waals surface area contributed by atoms with E-state index in [4.69, 9.17) is 4.79 Å². The van der Waals surface area contributed by atoms with Gasteiger partial charge in [0.1, 0.15) is 6.79 Å². The molecule has 0 saturated carbocycles. The summed E-state index contributed by atoms with van der Waals surface area (Å²) in [6, 6.07) is 16.7. The Morgan fingerprint density at radius 3 is 1.15 bits per heavy atom. The number of benzene rings is 2. The van der Waals surface area contributed by atoms with Gasteiger partial charge in [-0.1, -0.05) is 48.5 Å². The zero-order valence-corrected chi connectivity index (χ0v) is 9.73. The van der Waals surface area contributed by atoms with Gasteiger partial charge in [0.2, 0.25) is 0 Å². The van der Waals surface area contributed by atoms with Crippen LogP contribution in [-0.4, -0.2) is 6.79 Å². The maximum Gasteiger partial charge on any atom is 1.00 e. The van der Waals surface area contributed by atoms with Crippen LogP contribution in [0.2, 0.25) is 0 Å². The molecule has 0 aromatic heterocycles. The second-order valence-corrected chi connectivity index (χ2v) is 2.35. The van der Waals surface area contributed by atoms with Gasteiger partial charge in [0, 0.05) is 0 Å². The molecule has 13 heavy (non-hydrogen) atoms. The minimum Gasteiger partial charge on any atom is -0.307 e. The van der Waals surface area contributed by atoms with Gasteiger partial charge in [-0.25, -0.2) is 0 Å². The number of fused-ring (bicyclic) bond motifs is 1. The first-order valence-corrected chi connectivity index (χ1v) is 3.69. The third-order valence-electron chi connectivity index (χ3n) is 1.66. The van der Waals surface area contributed by atoms with Gasteiger partial charge < -0.3 is 4.79 Å². The van der Waals surface area contributed by atoms with Crippen LogP contribution in [0.5, 0.6) is 0 Å². The molecule has 0 radical (unpaired) electrons. The van der Waals surface area contributed by atoms with Crippen LogP contribution in [-0.2, 0) is 4.79 Å². The minimum absolute atomic E-state index is 0. The zero-order chi connectivity index (χ0) is 8.81. The van der Waals surface area contributed by atoms with Gasteiger partial charge >= 0.3 is 29.6 Å². The summed E-state index contributed by atoms with van der Waals surface area (Å²) in [4.78, 5) is 8.00. The number of hydrogen-bond acceptors (Lipinski definition) is 1. The van der Waals surface area contributed by atoms with Crippen molar-refractivity contribution in [1.82, 2.24) is 0 Å². The monoisotopic (exact) mass is 181 g/mol. The summed E-state index contributed by atoms with van der Waals surface area (Å²) in [6.07, 6.45) is 0. The first kappa shape index (κ1) is 12.4. The fourth-order valence-corrected chi connectivity index (χ4v) is 1.13. The molecule has 0 N–H and O–H groups in total. The van der Waals surface area contributed by atoms with Crippen molar-refractivity contribution >= 4 is 17.6 Å². The van der Waals surface area contributed by atoms with E-state index in [9.17, 15) is 0 Å². The summed E-state index contributed by atoms with van der Waals surface area (Å²) < 4.78 is 0. The summed E-state index contributed by atoms with van der Waals surface area (Å²) >= 11 is 0. The molecule has 0 unspecified atom stereocenters. The molecule has 0 heterocycles. The molecule has 0 bridgehead atoms. The van der Waals surface area contributed by atoms with E-state index in [0.29, 0.717) is 0 Å². The standard InChI is InChI=1S/C10H8.CH2O.Na/c1-2-6-10-8-4-3-7-9(10)5-1;1-2;/h1-8H;1H2;/q;;+1. The largest absolute Gasteiger partial charge is 1.00 e. The van der Waals surface area contributed by atoms with Crippen molar-refractivity contribution in [3.63, 3.8) is 0 Å². The summed E-state index contributed by atoms with van der Waals surface area (Å²) in [5.74, 6) is 0. The number of hydrogen-bond donors (Lipinski definition) is 0. The van der Waals surface area contributed by atoms with E-state index in [1.807, 2.05) is 6.79 Å². The van der Waals surface area contributed by atoms with Crippen LogP contribution < -0.4 is 29.6 Å². The fourth-order valence-electron chi connectivity index (χ4n) is 1.13. The molecule has 0 aliphatic carbocycles. The first-order valence-electron chi connectivity index (χ1n) is 3.69. The SMILES string of the molecule is C=O.[Na+].c1ccc2ccccc2c1. The van der Waals surface area contributed by atoms with Gasteiger partial charge in [-0.2, -0.15) is 0 Å². The van der Waals surface area contributed by atoms with E-state index in [1.165, 1.54) is 10.8 Å². The van der Waals surface area contributed by atoms with Crippen molar-refractivity contribution in [3.8, 4) is 0 Å². The van der Waals surface area contributed by atoms with Crippen LogP contribution in [0, 0.1) is 0 Å². The minimum atomic E-state index is 0. The van der Waals surface area contributed by atoms with E-state index < -0.39 is 0 Å². The molecular formula is C11H10NaO+. The third kappa shape index (κ3) is 3.31. The molecule has 0 aliphatic rings. The Kier molecular flexibility index (Phi) is 6.51. The van der Waals surface area contributed by atoms with Crippen LogP contribution in [0.3, 0.4) is 0 Å². The quantitative estimate of drug-likeness (QED) is 0.508. The van der Waals surface area contributed by atoms with Gasteiger partial charge in [-0.3, -0.25) is 0 Å². The van der Waals surface area contributed by atoms with E-state index in [1.54, 1.807) is 0 Å². The normalized spacial score (nSPS) is 8.00. The van der Waals surface area contributed by atoms with Gasteiger partial charge in [0.15, 0.2) is 0 Å². The molecule has 2 aromatic rings. The second kappa shape index (κ2) is 6.84. The van der Waals surface area contributed by atoms with Crippen LogP contribution in [0.4, 0.5) is 0 Å². The van der Waals surface area contributed by atoms with Crippen molar-refractivity contribution in [2.75, 3.05) is 0 Å². The molecule has 0 aliphatic heterocycles. The molecule has 0 saturated heterocycles. The average molecular weight is 181 g/mol. The number of carbonyl (C=O) groups excluding carboxylic acids is 1. The molecule has 0 amide bonds. The Balaban J connectivity index is 0.000000451. The summed E-state index contributed by atoms with van der Waals surface area (Å²) in [7, 11) is 0. The van der Waals surface area contributed by atoms with Gasteiger partial charge in [-0.05, 0) is 10.8 Å². The third-order valence-corrected chi connectivity index (χ3v) is 1.66. The smallest absolute Gasteiger partial charge is 0.307 e. The van der Waals surface area contributed by atoms with Crippen LogP contribution in [0.15, 0.2) is 48.5 Å². The molecular weight excluding hydrogens is 171 g/mol. The molecule has 60 valence electrons. The Hall–Kier alpha value is -0.630. The van der Waals surface area contributed by atoms with E-state index in [-0.39, 0.29) is 29.6 Å². The molecule has 2 rings (SSSR count). The van der Waals surface area contributed by atoms with E-state index >= 15 is 0 Å². The van der Waals surface area contributed by atoms with Gasteiger partial charge in [0.05, 0.1) is 0 Å². The maximum absolute atomic E-state index is 8.00. The van der Waals surface area contributed by atoms with Crippen molar-refractivity contribution in [1.29, 1.82) is 0 Å². The molecule has 0 fully saturated rings. The topological polar surface area (TPSA) is 17.1 Å². The molecule has 1 nitrogen and oxygen atoms in total. The molecule has 0 spiro atoms. The molecule has 2 heteroatoms. The van der Waals surface area contributed by atoms with Crippen molar-refractivity contribution in [3.05, 3.63) is 48.5 Å². The van der Waals surface area contributed by atoms with Gasteiger partial charge in [0.25, 0.3) is 0 Å². The summed E-state index contributed by atoms with van der Waals surface area (Å²) in [5, 5.41) is 2.62. The van der Waals surface area contributed by atoms with Crippen molar-refractivity contribution in [2.45, 2.75) is 0 Å². The van der Waals surface area contributed by atoms with Gasteiger partial charge in [-0.15, -0.1) is 0 Å². The summed E-state index contributed by atoms with van der Waals surface area (Å²) in [6.45, 7) is 2.00.